The molecule has 6 nitrogen and oxygen atoms in total. The van der Waals surface area contributed by atoms with Crippen LogP contribution in [0.5, 0.6) is 0 Å². The van der Waals surface area contributed by atoms with Gasteiger partial charge < -0.3 is 18.6 Å². The van der Waals surface area contributed by atoms with Crippen LogP contribution in [0.25, 0.3) is 0 Å². The zero-order valence-corrected chi connectivity index (χ0v) is 14.6. The molecule has 2 atom stereocenters. The van der Waals surface area contributed by atoms with Crippen LogP contribution in [-0.4, -0.2) is 56.5 Å². The molecule has 2 aliphatic rings. The number of rotatable bonds is 7. The summed E-state index contributed by atoms with van der Waals surface area (Å²) < 4.78 is 22.1. The lowest BCUT2D eigenvalue weighted by molar-refractivity contribution is 0.0316. The Balaban J connectivity index is 1.66. The maximum absolute atomic E-state index is 11.7. The second-order valence-corrected chi connectivity index (χ2v) is 6.68. The van der Waals surface area contributed by atoms with Crippen LogP contribution in [-0.2, 0) is 20.8 Å². The number of hydrogen-bond acceptors (Lipinski definition) is 6. The Morgan fingerprint density at radius 1 is 1.21 bits per heavy atom. The predicted octanol–water partition coefficient (Wildman–Crippen LogP) is 2.53. The number of furan rings is 1. The fraction of sp³-hybridized carbons (Fsp3) is 0.722. The molecule has 2 fully saturated rings. The largest absolute Gasteiger partial charge is 0.463 e. The second kappa shape index (κ2) is 8.14. The number of esters is 1. The van der Waals surface area contributed by atoms with Gasteiger partial charge in [-0.25, -0.2) is 4.79 Å². The zero-order chi connectivity index (χ0) is 16.9. The van der Waals surface area contributed by atoms with Crippen LogP contribution in [0.1, 0.15) is 47.6 Å². The highest BCUT2D eigenvalue weighted by molar-refractivity contribution is 5.87. The molecule has 1 aromatic heterocycles. The highest BCUT2D eigenvalue weighted by atomic mass is 16.5. The average Bonchev–Trinajstić information content (AvgIpc) is 3.30. The number of methoxy groups -OCH3 is 1. The normalized spacial score (nSPS) is 24.0. The molecule has 0 saturated carbocycles. The summed E-state index contributed by atoms with van der Waals surface area (Å²) in [4.78, 5) is 14.0. The first kappa shape index (κ1) is 17.5. The maximum Gasteiger partial charge on any atom is 0.374 e. The lowest BCUT2D eigenvalue weighted by atomic mass is 10.2. The number of carbonyl (C=O) groups is 1. The van der Waals surface area contributed by atoms with Crippen LogP contribution >= 0.6 is 0 Å². The summed E-state index contributed by atoms with van der Waals surface area (Å²) in [5.41, 5.74) is 0.811. The summed E-state index contributed by atoms with van der Waals surface area (Å²) in [7, 11) is 1.37. The fourth-order valence-corrected chi connectivity index (χ4v) is 3.50. The summed E-state index contributed by atoms with van der Waals surface area (Å²) in [6, 6.07) is 1.92. The van der Waals surface area contributed by atoms with Gasteiger partial charge in [0.1, 0.15) is 5.76 Å². The maximum atomic E-state index is 11.7. The van der Waals surface area contributed by atoms with Crippen LogP contribution in [0.4, 0.5) is 0 Å². The fourth-order valence-electron chi connectivity index (χ4n) is 3.50. The first-order chi connectivity index (χ1) is 11.7. The van der Waals surface area contributed by atoms with E-state index in [2.05, 4.69) is 4.90 Å². The molecule has 0 aromatic carbocycles. The minimum absolute atomic E-state index is 0.280. The van der Waals surface area contributed by atoms with Crippen molar-refractivity contribution in [2.45, 2.75) is 51.4 Å². The third-order valence-corrected chi connectivity index (χ3v) is 4.69. The van der Waals surface area contributed by atoms with E-state index < -0.39 is 5.97 Å². The van der Waals surface area contributed by atoms with Crippen molar-refractivity contribution in [2.75, 3.05) is 33.4 Å². The van der Waals surface area contributed by atoms with Crippen LogP contribution < -0.4 is 0 Å². The van der Waals surface area contributed by atoms with Gasteiger partial charge in [-0.1, -0.05) is 0 Å². The van der Waals surface area contributed by atoms with Gasteiger partial charge in [-0.2, -0.15) is 0 Å². The molecule has 1 aromatic rings. The molecular formula is C18H27NO5. The SMILES string of the molecule is COC(=O)c1oc(CN(CC2CCCO2)CC2CCCO2)cc1C. The number of nitrogens with zero attached hydrogens (tertiary/aromatic N) is 1. The lowest BCUT2D eigenvalue weighted by Crippen LogP contribution is -2.37. The van der Waals surface area contributed by atoms with E-state index in [1.807, 2.05) is 13.0 Å². The first-order valence-electron chi connectivity index (χ1n) is 8.79. The standard InChI is InChI=1S/C18H27NO5/c1-13-9-16(24-17(13)18(20)21-2)12-19(10-14-5-3-7-22-14)11-15-6-4-8-23-15/h9,14-15H,3-8,10-12H2,1-2H3. The Hall–Kier alpha value is -1.37. The van der Waals surface area contributed by atoms with Gasteiger partial charge in [0.25, 0.3) is 0 Å². The number of ether oxygens (including phenoxy) is 3. The summed E-state index contributed by atoms with van der Waals surface area (Å²) in [5.74, 6) is 0.647. The van der Waals surface area contributed by atoms with E-state index in [4.69, 9.17) is 18.6 Å². The molecule has 0 spiro atoms. The van der Waals surface area contributed by atoms with Gasteiger partial charge in [-0.05, 0) is 38.7 Å². The van der Waals surface area contributed by atoms with Crippen molar-refractivity contribution in [2.24, 2.45) is 0 Å². The smallest absolute Gasteiger partial charge is 0.374 e. The Kier molecular flexibility index (Phi) is 5.92. The highest BCUT2D eigenvalue weighted by Gasteiger charge is 2.25. The van der Waals surface area contributed by atoms with Crippen LogP contribution in [0.2, 0.25) is 0 Å². The van der Waals surface area contributed by atoms with E-state index in [1.54, 1.807) is 0 Å². The van der Waals surface area contributed by atoms with E-state index in [0.29, 0.717) is 12.3 Å². The summed E-state index contributed by atoms with van der Waals surface area (Å²) in [6.07, 6.45) is 5.03. The molecule has 2 saturated heterocycles. The van der Waals surface area contributed by atoms with Crippen molar-refractivity contribution in [1.82, 2.24) is 4.90 Å². The molecule has 0 bridgehead atoms. The Bertz CT molecular complexity index is 526. The number of hydrogen-bond donors (Lipinski definition) is 0. The third kappa shape index (κ3) is 4.37. The van der Waals surface area contributed by atoms with Crippen LogP contribution in [0.15, 0.2) is 10.5 Å². The molecule has 0 aliphatic carbocycles. The van der Waals surface area contributed by atoms with Crippen LogP contribution in [0.3, 0.4) is 0 Å². The minimum Gasteiger partial charge on any atom is -0.463 e. The molecule has 0 amide bonds. The molecule has 0 N–H and O–H groups in total. The highest BCUT2D eigenvalue weighted by Crippen LogP contribution is 2.21. The van der Waals surface area contributed by atoms with Gasteiger partial charge in [0, 0.05) is 31.9 Å². The van der Waals surface area contributed by atoms with E-state index >= 15 is 0 Å². The molecular weight excluding hydrogens is 310 g/mol. The van der Waals surface area contributed by atoms with Crippen molar-refractivity contribution in [3.63, 3.8) is 0 Å². The predicted molar refractivity (Wildman–Crippen MR) is 88.0 cm³/mol. The zero-order valence-electron chi connectivity index (χ0n) is 14.6. The van der Waals surface area contributed by atoms with Crippen molar-refractivity contribution in [1.29, 1.82) is 0 Å². The summed E-state index contributed by atoms with van der Waals surface area (Å²) >= 11 is 0. The van der Waals surface area contributed by atoms with Gasteiger partial charge in [0.2, 0.25) is 5.76 Å². The van der Waals surface area contributed by atoms with Crippen molar-refractivity contribution >= 4 is 5.97 Å². The average molecular weight is 337 g/mol. The molecule has 3 rings (SSSR count). The van der Waals surface area contributed by atoms with Crippen molar-refractivity contribution < 1.29 is 23.4 Å². The molecule has 6 heteroatoms. The van der Waals surface area contributed by atoms with E-state index in [9.17, 15) is 4.79 Å². The van der Waals surface area contributed by atoms with Gasteiger partial charge >= 0.3 is 5.97 Å². The van der Waals surface area contributed by atoms with Gasteiger partial charge in [-0.3, -0.25) is 4.90 Å². The quantitative estimate of drug-likeness (QED) is 0.713. The Morgan fingerprint density at radius 2 is 1.83 bits per heavy atom. The van der Waals surface area contributed by atoms with Crippen molar-refractivity contribution in [3.05, 3.63) is 23.2 Å². The molecule has 24 heavy (non-hydrogen) atoms. The van der Waals surface area contributed by atoms with Crippen LogP contribution in [0, 0.1) is 6.92 Å². The minimum atomic E-state index is -0.427. The monoisotopic (exact) mass is 337 g/mol. The Labute approximate surface area is 143 Å². The topological polar surface area (TPSA) is 61.1 Å². The Morgan fingerprint density at radius 3 is 2.33 bits per heavy atom. The first-order valence-corrected chi connectivity index (χ1v) is 8.79. The molecule has 2 unspecified atom stereocenters. The van der Waals surface area contributed by atoms with Crippen molar-refractivity contribution in [3.8, 4) is 0 Å². The third-order valence-electron chi connectivity index (χ3n) is 4.69. The van der Waals surface area contributed by atoms with Gasteiger partial charge in [-0.15, -0.1) is 0 Å². The lowest BCUT2D eigenvalue weighted by Gasteiger charge is -2.26. The molecule has 134 valence electrons. The molecule has 2 aliphatic heterocycles. The van der Waals surface area contributed by atoms with E-state index in [1.165, 1.54) is 7.11 Å². The number of aryl methyl sites for hydroxylation is 1. The summed E-state index contributed by atoms with van der Waals surface area (Å²) in [5, 5.41) is 0. The molecule has 0 radical (unpaired) electrons. The van der Waals surface area contributed by atoms with Gasteiger partial charge in [0.15, 0.2) is 0 Å². The second-order valence-electron chi connectivity index (χ2n) is 6.68. The molecule has 3 heterocycles. The van der Waals surface area contributed by atoms with E-state index in [0.717, 1.165) is 63.3 Å². The van der Waals surface area contributed by atoms with E-state index in [-0.39, 0.29) is 12.2 Å². The van der Waals surface area contributed by atoms with Gasteiger partial charge in [0.05, 0.1) is 25.9 Å². The number of carbonyl (C=O) groups excluding carboxylic acids is 1. The summed E-state index contributed by atoms with van der Waals surface area (Å²) in [6.45, 7) is 5.96.